The molecule has 1 amide bonds. The Kier molecular flexibility index (Phi) is 6.18. The first-order chi connectivity index (χ1) is 15.7. The van der Waals surface area contributed by atoms with Crippen LogP contribution in [-0.2, 0) is 16.6 Å². The van der Waals surface area contributed by atoms with E-state index >= 15 is 0 Å². The lowest BCUT2D eigenvalue weighted by molar-refractivity contribution is 0.0998. The number of anilines is 1. The highest BCUT2D eigenvalue weighted by Crippen LogP contribution is 2.24. The third kappa shape index (κ3) is 4.74. The number of benzene rings is 3. The number of sulfonamides is 1. The molecule has 170 valence electrons. The van der Waals surface area contributed by atoms with Gasteiger partial charge in [0.25, 0.3) is 15.9 Å². The number of nitrogens with zero attached hydrogens (tertiary/aromatic N) is 2. The Morgan fingerprint density at radius 2 is 1.82 bits per heavy atom. The molecule has 0 aliphatic heterocycles. The maximum absolute atomic E-state index is 13.1. The van der Waals surface area contributed by atoms with Gasteiger partial charge in [0.05, 0.1) is 15.1 Å². The van der Waals surface area contributed by atoms with E-state index in [-0.39, 0.29) is 16.1 Å². The number of aryl methyl sites for hydroxylation is 3. The zero-order valence-corrected chi connectivity index (χ0v) is 19.9. The summed E-state index contributed by atoms with van der Waals surface area (Å²) >= 11 is 1.45. The van der Waals surface area contributed by atoms with Crippen LogP contribution in [0.3, 0.4) is 0 Å². The van der Waals surface area contributed by atoms with Gasteiger partial charge < -0.3 is 4.57 Å². The van der Waals surface area contributed by atoms with Crippen LogP contribution in [0.1, 0.15) is 28.4 Å². The average Bonchev–Trinajstić information content (AvgIpc) is 3.11. The maximum atomic E-state index is 13.1. The first-order valence-corrected chi connectivity index (χ1v) is 12.6. The minimum absolute atomic E-state index is 0.0785. The van der Waals surface area contributed by atoms with E-state index in [2.05, 4.69) is 21.8 Å². The van der Waals surface area contributed by atoms with E-state index in [1.165, 1.54) is 35.6 Å². The normalized spacial score (nSPS) is 12.3. The number of carbonyl (C=O) groups is 1. The zero-order chi connectivity index (χ0) is 23.8. The first kappa shape index (κ1) is 22.9. The summed E-state index contributed by atoms with van der Waals surface area (Å²) in [6.45, 7) is 6.73. The van der Waals surface area contributed by atoms with Crippen molar-refractivity contribution in [3.05, 3.63) is 88.0 Å². The van der Waals surface area contributed by atoms with Crippen LogP contribution in [0.15, 0.2) is 70.6 Å². The lowest BCUT2D eigenvalue weighted by Gasteiger charge is -2.09. The minimum Gasteiger partial charge on any atom is -0.317 e. The molecule has 6 nitrogen and oxygen atoms in total. The standard InChI is InChI=1S/C24H22FN3O3S2/c1-4-28-21-13-15(2)12-16(3)22(21)32-24(28)26-23(29)17-6-5-7-19(14-17)27-33(30,31)20-10-8-18(25)9-11-20/h5-14,27H,4H2,1-3H3. The van der Waals surface area contributed by atoms with E-state index in [0.29, 0.717) is 11.3 Å². The fraction of sp³-hybridized carbons (Fsp3) is 0.167. The molecular weight excluding hydrogens is 461 g/mol. The van der Waals surface area contributed by atoms with Crippen molar-refractivity contribution in [1.29, 1.82) is 0 Å². The predicted octanol–water partition coefficient (Wildman–Crippen LogP) is 5.02. The Morgan fingerprint density at radius 1 is 1.09 bits per heavy atom. The summed E-state index contributed by atoms with van der Waals surface area (Å²) < 4.78 is 43.8. The van der Waals surface area contributed by atoms with Crippen LogP contribution in [0.5, 0.6) is 0 Å². The van der Waals surface area contributed by atoms with E-state index < -0.39 is 21.7 Å². The molecule has 4 rings (SSSR count). The molecule has 3 aromatic carbocycles. The number of hydrogen-bond acceptors (Lipinski definition) is 4. The molecule has 0 aliphatic rings. The van der Waals surface area contributed by atoms with Gasteiger partial charge in [-0.3, -0.25) is 9.52 Å². The molecule has 33 heavy (non-hydrogen) atoms. The van der Waals surface area contributed by atoms with Crippen LogP contribution in [0.25, 0.3) is 10.2 Å². The molecule has 0 spiro atoms. The number of thiazole rings is 1. The Bertz CT molecular complexity index is 1540. The summed E-state index contributed by atoms with van der Waals surface area (Å²) in [4.78, 5) is 17.8. The van der Waals surface area contributed by atoms with Crippen LogP contribution in [-0.4, -0.2) is 18.9 Å². The molecule has 0 unspecified atom stereocenters. The third-order valence-corrected chi connectivity index (χ3v) is 7.74. The monoisotopic (exact) mass is 483 g/mol. The van der Waals surface area contributed by atoms with Gasteiger partial charge in [-0.05, 0) is 80.4 Å². The molecule has 0 saturated heterocycles. The van der Waals surface area contributed by atoms with Gasteiger partial charge in [0.15, 0.2) is 4.80 Å². The topological polar surface area (TPSA) is 80.5 Å². The fourth-order valence-electron chi connectivity index (χ4n) is 3.60. The smallest absolute Gasteiger partial charge is 0.279 e. The summed E-state index contributed by atoms with van der Waals surface area (Å²) in [5.74, 6) is -1.000. The van der Waals surface area contributed by atoms with Crippen LogP contribution in [0.4, 0.5) is 10.1 Å². The second kappa shape index (κ2) is 8.92. The summed E-state index contributed by atoms with van der Waals surface area (Å²) in [6, 6.07) is 14.8. The number of carbonyl (C=O) groups excluding carboxylic acids is 1. The molecule has 0 saturated carbocycles. The molecule has 1 heterocycles. The second-order valence-corrected chi connectivity index (χ2v) is 10.3. The third-order valence-electron chi connectivity index (χ3n) is 5.11. The van der Waals surface area contributed by atoms with Crippen molar-refractivity contribution in [2.24, 2.45) is 4.99 Å². The quantitative estimate of drug-likeness (QED) is 0.433. The van der Waals surface area contributed by atoms with Crippen molar-refractivity contribution in [3.63, 3.8) is 0 Å². The molecule has 1 N–H and O–H groups in total. The van der Waals surface area contributed by atoms with Crippen molar-refractivity contribution in [3.8, 4) is 0 Å². The predicted molar refractivity (Wildman–Crippen MR) is 129 cm³/mol. The van der Waals surface area contributed by atoms with E-state index in [1.807, 2.05) is 25.3 Å². The number of nitrogens with one attached hydrogen (secondary N) is 1. The van der Waals surface area contributed by atoms with E-state index in [9.17, 15) is 17.6 Å². The van der Waals surface area contributed by atoms with Crippen LogP contribution in [0.2, 0.25) is 0 Å². The Labute approximate surface area is 195 Å². The van der Waals surface area contributed by atoms with E-state index in [4.69, 9.17) is 0 Å². The van der Waals surface area contributed by atoms with Gasteiger partial charge in [-0.25, -0.2) is 12.8 Å². The SMILES string of the molecule is CCn1c(=NC(=O)c2cccc(NS(=O)(=O)c3ccc(F)cc3)c2)sc2c(C)cc(C)cc21. The molecule has 0 fully saturated rings. The molecule has 0 bridgehead atoms. The second-order valence-electron chi connectivity index (χ2n) is 7.62. The lowest BCUT2D eigenvalue weighted by Crippen LogP contribution is -2.16. The van der Waals surface area contributed by atoms with E-state index in [0.717, 1.165) is 33.5 Å². The first-order valence-electron chi connectivity index (χ1n) is 10.3. The van der Waals surface area contributed by atoms with Crippen LogP contribution in [0, 0.1) is 19.7 Å². The molecule has 0 radical (unpaired) electrons. The van der Waals surface area contributed by atoms with E-state index in [1.54, 1.807) is 12.1 Å². The zero-order valence-electron chi connectivity index (χ0n) is 18.3. The van der Waals surface area contributed by atoms with Gasteiger partial charge >= 0.3 is 0 Å². The summed E-state index contributed by atoms with van der Waals surface area (Å²) in [6.07, 6.45) is 0. The summed E-state index contributed by atoms with van der Waals surface area (Å²) in [5, 5.41) is 0. The van der Waals surface area contributed by atoms with Crippen LogP contribution < -0.4 is 9.52 Å². The molecule has 9 heteroatoms. The highest BCUT2D eigenvalue weighted by atomic mass is 32.2. The van der Waals surface area contributed by atoms with Gasteiger partial charge in [0.1, 0.15) is 5.82 Å². The number of aromatic nitrogens is 1. The number of rotatable bonds is 5. The van der Waals surface area contributed by atoms with Crippen LogP contribution >= 0.6 is 11.3 Å². The number of fused-ring (bicyclic) bond motifs is 1. The number of halogens is 1. The van der Waals surface area contributed by atoms with Crippen molar-refractivity contribution in [2.45, 2.75) is 32.2 Å². The van der Waals surface area contributed by atoms with Gasteiger partial charge in [-0.1, -0.05) is 23.5 Å². The van der Waals surface area contributed by atoms with Crippen molar-refractivity contribution >= 4 is 43.2 Å². The molecule has 4 aromatic rings. The fourth-order valence-corrected chi connectivity index (χ4v) is 5.79. The molecule has 1 aromatic heterocycles. The molecule has 0 atom stereocenters. The minimum atomic E-state index is -3.93. The summed E-state index contributed by atoms with van der Waals surface area (Å²) in [7, 11) is -3.93. The van der Waals surface area contributed by atoms with Crippen molar-refractivity contribution in [1.82, 2.24) is 4.57 Å². The summed E-state index contributed by atoms with van der Waals surface area (Å²) in [5.41, 5.74) is 3.77. The van der Waals surface area contributed by atoms with Gasteiger partial charge in [-0.15, -0.1) is 0 Å². The Hall–Kier alpha value is -3.30. The van der Waals surface area contributed by atoms with Gasteiger partial charge in [0, 0.05) is 17.8 Å². The van der Waals surface area contributed by atoms with Crippen molar-refractivity contribution < 1.29 is 17.6 Å². The van der Waals surface area contributed by atoms with Gasteiger partial charge in [0.2, 0.25) is 0 Å². The Morgan fingerprint density at radius 3 is 2.52 bits per heavy atom. The Balaban J connectivity index is 1.68. The number of hydrogen-bond donors (Lipinski definition) is 1. The molecular formula is C24H22FN3O3S2. The highest BCUT2D eigenvalue weighted by molar-refractivity contribution is 7.92. The number of amides is 1. The van der Waals surface area contributed by atoms with Gasteiger partial charge in [-0.2, -0.15) is 4.99 Å². The largest absolute Gasteiger partial charge is 0.317 e. The van der Waals surface area contributed by atoms with Crippen molar-refractivity contribution in [2.75, 3.05) is 4.72 Å². The molecule has 0 aliphatic carbocycles. The maximum Gasteiger partial charge on any atom is 0.279 e. The average molecular weight is 484 g/mol. The lowest BCUT2D eigenvalue weighted by atomic mass is 10.1. The highest BCUT2D eigenvalue weighted by Gasteiger charge is 2.16.